The van der Waals surface area contributed by atoms with Crippen molar-refractivity contribution in [2.45, 2.75) is 110 Å². The first kappa shape index (κ1) is 24.3. The summed E-state index contributed by atoms with van der Waals surface area (Å²) >= 11 is 1.94. The summed E-state index contributed by atoms with van der Waals surface area (Å²) in [6.45, 7) is 5.51. The first-order valence-corrected chi connectivity index (χ1v) is 11.8. The molecule has 0 fully saturated rings. The van der Waals surface area contributed by atoms with E-state index in [4.69, 9.17) is 4.74 Å². The third kappa shape index (κ3) is 18.6. The Morgan fingerprint density at radius 2 is 1.21 bits per heavy atom. The molecule has 0 aliphatic heterocycles. The lowest BCUT2D eigenvalue weighted by atomic mass is 10.1. The molecule has 1 atom stereocenters. The minimum Gasteiger partial charge on any atom is -0.394 e. The number of hydrogen-bond donors (Lipinski definition) is 1. The van der Waals surface area contributed by atoms with Gasteiger partial charge in [-0.25, -0.2) is 0 Å². The fraction of sp³-hybridized carbons (Fsp3) is 1.00. The standard InChI is InChI=1S/C21H44O2S/c1-3-5-7-9-11-12-13-15-17-23-21(19-22)20-24-18-16-14-10-8-6-4-2/h21-22H,3-20H2,1-2H3. The topological polar surface area (TPSA) is 29.5 Å². The quantitative estimate of drug-likeness (QED) is 0.248. The van der Waals surface area contributed by atoms with Crippen LogP contribution in [-0.4, -0.2) is 35.9 Å². The highest BCUT2D eigenvalue weighted by Crippen LogP contribution is 2.13. The molecule has 0 bridgehead atoms. The number of hydrogen-bond acceptors (Lipinski definition) is 3. The second-order valence-corrected chi connectivity index (χ2v) is 8.14. The molecule has 1 N–H and O–H groups in total. The number of unbranched alkanes of at least 4 members (excludes halogenated alkanes) is 12. The third-order valence-corrected chi connectivity index (χ3v) is 5.69. The Balaban J connectivity index is 3.28. The van der Waals surface area contributed by atoms with Crippen LogP contribution in [0, 0.1) is 0 Å². The average molecular weight is 361 g/mol. The highest BCUT2D eigenvalue weighted by Gasteiger charge is 2.07. The van der Waals surface area contributed by atoms with Crippen molar-refractivity contribution in [3.05, 3.63) is 0 Å². The Hall–Kier alpha value is 0.270. The molecule has 1 unspecified atom stereocenters. The van der Waals surface area contributed by atoms with E-state index in [2.05, 4.69) is 13.8 Å². The number of aliphatic hydroxyl groups is 1. The van der Waals surface area contributed by atoms with Crippen molar-refractivity contribution in [3.63, 3.8) is 0 Å². The van der Waals surface area contributed by atoms with Crippen LogP contribution in [0.25, 0.3) is 0 Å². The number of aliphatic hydroxyl groups excluding tert-OH is 1. The van der Waals surface area contributed by atoms with Gasteiger partial charge in [0.05, 0.1) is 12.7 Å². The zero-order valence-corrected chi connectivity index (χ0v) is 17.4. The van der Waals surface area contributed by atoms with Crippen LogP contribution in [0.4, 0.5) is 0 Å². The maximum Gasteiger partial charge on any atom is 0.0895 e. The maximum atomic E-state index is 9.41. The van der Waals surface area contributed by atoms with E-state index in [1.54, 1.807) is 0 Å². The van der Waals surface area contributed by atoms with Gasteiger partial charge in [-0.2, -0.15) is 11.8 Å². The van der Waals surface area contributed by atoms with Gasteiger partial charge in [-0.15, -0.1) is 0 Å². The fourth-order valence-electron chi connectivity index (χ4n) is 2.84. The van der Waals surface area contributed by atoms with Crippen molar-refractivity contribution in [2.75, 3.05) is 24.7 Å². The molecule has 0 radical (unpaired) electrons. The summed E-state index contributed by atoms with van der Waals surface area (Å²) in [4.78, 5) is 0. The summed E-state index contributed by atoms with van der Waals surface area (Å²) in [5.41, 5.74) is 0. The predicted molar refractivity (Wildman–Crippen MR) is 110 cm³/mol. The number of thioether (sulfide) groups is 1. The van der Waals surface area contributed by atoms with Gasteiger partial charge in [0.25, 0.3) is 0 Å². The fourth-order valence-corrected chi connectivity index (χ4v) is 3.88. The van der Waals surface area contributed by atoms with E-state index >= 15 is 0 Å². The van der Waals surface area contributed by atoms with Crippen LogP contribution in [0.2, 0.25) is 0 Å². The summed E-state index contributed by atoms with van der Waals surface area (Å²) in [6, 6.07) is 0. The molecule has 0 heterocycles. The van der Waals surface area contributed by atoms with Gasteiger partial charge >= 0.3 is 0 Å². The second-order valence-electron chi connectivity index (χ2n) is 6.99. The van der Waals surface area contributed by atoms with Crippen molar-refractivity contribution < 1.29 is 9.84 Å². The molecule has 0 rings (SSSR count). The minimum absolute atomic E-state index is 0.0413. The molecular weight excluding hydrogens is 316 g/mol. The van der Waals surface area contributed by atoms with E-state index < -0.39 is 0 Å². The van der Waals surface area contributed by atoms with Gasteiger partial charge in [0.2, 0.25) is 0 Å². The molecule has 0 aliphatic carbocycles. The van der Waals surface area contributed by atoms with E-state index in [1.807, 2.05) is 11.8 Å². The van der Waals surface area contributed by atoms with Crippen LogP contribution in [0.3, 0.4) is 0 Å². The first-order chi connectivity index (χ1) is 11.8. The molecular formula is C21H44O2S. The van der Waals surface area contributed by atoms with Gasteiger partial charge in [0.1, 0.15) is 0 Å². The van der Waals surface area contributed by atoms with E-state index in [0.717, 1.165) is 18.8 Å². The summed E-state index contributed by atoms with van der Waals surface area (Å²) in [7, 11) is 0. The summed E-state index contributed by atoms with van der Waals surface area (Å²) in [5, 5.41) is 9.41. The van der Waals surface area contributed by atoms with Crippen LogP contribution in [0.1, 0.15) is 104 Å². The largest absolute Gasteiger partial charge is 0.394 e. The molecule has 0 spiro atoms. The van der Waals surface area contributed by atoms with Crippen LogP contribution in [-0.2, 0) is 4.74 Å². The Morgan fingerprint density at radius 3 is 1.75 bits per heavy atom. The molecule has 0 saturated carbocycles. The Kier molecular flexibility index (Phi) is 21.6. The molecule has 2 nitrogen and oxygen atoms in total. The molecule has 3 heteroatoms. The van der Waals surface area contributed by atoms with Crippen LogP contribution in [0.5, 0.6) is 0 Å². The van der Waals surface area contributed by atoms with Gasteiger partial charge in [0.15, 0.2) is 0 Å². The Labute approximate surface area is 156 Å². The smallest absolute Gasteiger partial charge is 0.0895 e. The van der Waals surface area contributed by atoms with Gasteiger partial charge < -0.3 is 9.84 Å². The number of rotatable bonds is 20. The monoisotopic (exact) mass is 360 g/mol. The maximum absolute atomic E-state index is 9.41. The van der Waals surface area contributed by atoms with Gasteiger partial charge in [-0.1, -0.05) is 90.9 Å². The summed E-state index contributed by atoms with van der Waals surface area (Å²) in [5.74, 6) is 2.16. The second kappa shape index (κ2) is 21.3. The van der Waals surface area contributed by atoms with E-state index in [1.165, 1.54) is 89.2 Å². The predicted octanol–water partition coefficient (Wildman–Crippen LogP) is 6.60. The zero-order chi connectivity index (χ0) is 17.7. The van der Waals surface area contributed by atoms with Crippen molar-refractivity contribution in [1.82, 2.24) is 0 Å². The van der Waals surface area contributed by atoms with Crippen molar-refractivity contribution >= 4 is 11.8 Å². The molecule has 0 aromatic heterocycles. The highest BCUT2D eigenvalue weighted by atomic mass is 32.2. The normalized spacial score (nSPS) is 12.6. The Morgan fingerprint density at radius 1 is 0.708 bits per heavy atom. The minimum atomic E-state index is 0.0413. The van der Waals surface area contributed by atoms with Crippen LogP contribution < -0.4 is 0 Å². The average Bonchev–Trinajstić information content (AvgIpc) is 2.60. The lowest BCUT2D eigenvalue weighted by Gasteiger charge is -2.15. The molecule has 0 amide bonds. The molecule has 0 aliphatic rings. The molecule has 146 valence electrons. The molecule has 24 heavy (non-hydrogen) atoms. The van der Waals surface area contributed by atoms with Gasteiger partial charge in [0, 0.05) is 12.4 Å². The van der Waals surface area contributed by atoms with Crippen molar-refractivity contribution in [3.8, 4) is 0 Å². The molecule has 0 aromatic carbocycles. The van der Waals surface area contributed by atoms with Crippen molar-refractivity contribution in [2.24, 2.45) is 0 Å². The Bertz CT molecular complexity index is 224. The van der Waals surface area contributed by atoms with Crippen LogP contribution in [0.15, 0.2) is 0 Å². The first-order valence-electron chi connectivity index (χ1n) is 10.6. The van der Waals surface area contributed by atoms with Gasteiger partial charge in [-0.3, -0.25) is 0 Å². The zero-order valence-electron chi connectivity index (χ0n) is 16.6. The van der Waals surface area contributed by atoms with Gasteiger partial charge in [-0.05, 0) is 18.6 Å². The van der Waals surface area contributed by atoms with Crippen LogP contribution >= 0.6 is 11.8 Å². The summed E-state index contributed by atoms with van der Waals surface area (Å²) in [6.07, 6.45) is 18.8. The van der Waals surface area contributed by atoms with Crippen molar-refractivity contribution in [1.29, 1.82) is 0 Å². The lowest BCUT2D eigenvalue weighted by molar-refractivity contribution is 0.0260. The summed E-state index contributed by atoms with van der Waals surface area (Å²) < 4.78 is 5.83. The molecule has 0 aromatic rings. The van der Waals surface area contributed by atoms with E-state index in [9.17, 15) is 5.11 Å². The SMILES string of the molecule is CCCCCCCCCCOC(CO)CSCCCCCCCC. The lowest BCUT2D eigenvalue weighted by Crippen LogP contribution is -2.21. The molecule has 0 saturated heterocycles. The third-order valence-electron chi connectivity index (χ3n) is 4.50. The van der Waals surface area contributed by atoms with E-state index in [0.29, 0.717) is 0 Å². The highest BCUT2D eigenvalue weighted by molar-refractivity contribution is 7.99. The van der Waals surface area contributed by atoms with E-state index in [-0.39, 0.29) is 12.7 Å². The number of ether oxygens (including phenoxy) is 1.